The Morgan fingerprint density at radius 3 is 2.63 bits per heavy atom. The first-order valence-electron chi connectivity index (χ1n) is 5.35. The molecule has 0 aliphatic heterocycles. The van der Waals surface area contributed by atoms with Crippen LogP contribution in [0.4, 0.5) is 5.69 Å². The summed E-state index contributed by atoms with van der Waals surface area (Å²) in [6, 6.07) is 8.45. The summed E-state index contributed by atoms with van der Waals surface area (Å²) in [4.78, 5) is 4.34. The van der Waals surface area contributed by atoms with Crippen LogP contribution in [-0.2, 0) is 0 Å². The second-order valence-corrected chi connectivity index (χ2v) is 5.22. The molecule has 3 rings (SSSR count). The average Bonchev–Trinajstić information content (AvgIpc) is 2.76. The second kappa shape index (κ2) is 4.60. The predicted octanol–water partition coefficient (Wildman–Crippen LogP) is 5.04. The van der Waals surface area contributed by atoms with Crippen molar-refractivity contribution >= 4 is 51.6 Å². The van der Waals surface area contributed by atoms with Gasteiger partial charge >= 0.3 is 0 Å². The number of nitrogens with zero attached hydrogens (tertiary/aromatic N) is 1. The highest BCUT2D eigenvalue weighted by molar-refractivity contribution is 6.44. The largest absolute Gasteiger partial charge is 0.436 e. The highest BCUT2D eigenvalue weighted by atomic mass is 35.5. The number of oxazole rings is 1. The van der Waals surface area contributed by atoms with E-state index in [1.165, 1.54) is 0 Å². The van der Waals surface area contributed by atoms with Gasteiger partial charge in [-0.3, -0.25) is 0 Å². The van der Waals surface area contributed by atoms with Crippen LogP contribution in [0.2, 0.25) is 15.1 Å². The van der Waals surface area contributed by atoms with E-state index in [0.29, 0.717) is 43.3 Å². The van der Waals surface area contributed by atoms with Gasteiger partial charge < -0.3 is 10.2 Å². The minimum atomic E-state index is 0.352. The smallest absolute Gasteiger partial charge is 0.228 e. The number of hydrogen-bond acceptors (Lipinski definition) is 3. The van der Waals surface area contributed by atoms with E-state index in [4.69, 9.17) is 45.0 Å². The lowest BCUT2D eigenvalue weighted by molar-refractivity contribution is 0.620. The number of halogens is 3. The number of nitrogen functional groups attached to an aromatic ring is 1. The lowest BCUT2D eigenvalue weighted by Gasteiger charge is -2.02. The number of benzene rings is 2. The van der Waals surface area contributed by atoms with Crippen molar-refractivity contribution in [3.63, 3.8) is 0 Å². The Morgan fingerprint density at radius 2 is 1.84 bits per heavy atom. The van der Waals surface area contributed by atoms with E-state index >= 15 is 0 Å². The Labute approximate surface area is 123 Å². The van der Waals surface area contributed by atoms with Gasteiger partial charge in [0.15, 0.2) is 5.58 Å². The van der Waals surface area contributed by atoms with Crippen molar-refractivity contribution in [3.8, 4) is 11.5 Å². The maximum absolute atomic E-state index is 6.14. The molecular formula is C13H7Cl3N2O. The van der Waals surface area contributed by atoms with Gasteiger partial charge in [0.1, 0.15) is 5.52 Å². The van der Waals surface area contributed by atoms with E-state index in [-0.39, 0.29) is 0 Å². The summed E-state index contributed by atoms with van der Waals surface area (Å²) in [5.41, 5.74) is 8.12. The lowest BCUT2D eigenvalue weighted by Crippen LogP contribution is -1.82. The molecule has 0 unspecified atom stereocenters. The number of anilines is 1. The second-order valence-electron chi connectivity index (χ2n) is 4.00. The van der Waals surface area contributed by atoms with Crippen LogP contribution in [0.25, 0.3) is 22.6 Å². The molecule has 1 heterocycles. The summed E-state index contributed by atoms with van der Waals surface area (Å²) in [6.45, 7) is 0. The van der Waals surface area contributed by atoms with E-state index in [0.717, 1.165) is 0 Å². The van der Waals surface area contributed by atoms with E-state index in [9.17, 15) is 0 Å². The van der Waals surface area contributed by atoms with E-state index in [1.807, 2.05) is 0 Å². The third-order valence-electron chi connectivity index (χ3n) is 2.64. The zero-order valence-electron chi connectivity index (χ0n) is 9.45. The van der Waals surface area contributed by atoms with Crippen molar-refractivity contribution in [2.75, 3.05) is 5.73 Å². The Bertz CT molecular complexity index is 783. The van der Waals surface area contributed by atoms with Crippen LogP contribution in [0, 0.1) is 0 Å². The topological polar surface area (TPSA) is 52.0 Å². The lowest BCUT2D eigenvalue weighted by atomic mass is 10.2. The van der Waals surface area contributed by atoms with Crippen LogP contribution in [0.1, 0.15) is 0 Å². The fourth-order valence-electron chi connectivity index (χ4n) is 1.77. The van der Waals surface area contributed by atoms with Crippen LogP contribution in [0.3, 0.4) is 0 Å². The van der Waals surface area contributed by atoms with Crippen molar-refractivity contribution < 1.29 is 4.42 Å². The Hall–Kier alpha value is -1.42. The van der Waals surface area contributed by atoms with E-state index in [1.54, 1.807) is 30.3 Å². The minimum Gasteiger partial charge on any atom is -0.436 e. The molecule has 0 spiro atoms. The first-order valence-corrected chi connectivity index (χ1v) is 6.49. The number of aromatic nitrogens is 1. The summed E-state index contributed by atoms with van der Waals surface area (Å²) in [6.07, 6.45) is 0. The van der Waals surface area contributed by atoms with Gasteiger partial charge in [0.25, 0.3) is 0 Å². The van der Waals surface area contributed by atoms with Gasteiger partial charge in [-0.25, -0.2) is 4.98 Å². The van der Waals surface area contributed by atoms with Gasteiger partial charge in [-0.05, 0) is 24.3 Å². The van der Waals surface area contributed by atoms with Crippen molar-refractivity contribution in [2.45, 2.75) is 0 Å². The van der Waals surface area contributed by atoms with Crippen molar-refractivity contribution in [2.24, 2.45) is 0 Å². The average molecular weight is 314 g/mol. The monoisotopic (exact) mass is 312 g/mol. The van der Waals surface area contributed by atoms with Gasteiger partial charge in [0, 0.05) is 16.8 Å². The standard InChI is InChI=1S/C13H7Cl3N2O/c14-6-3-8(12(16)9(15)4-6)13-18-10-2-1-7(17)5-11(10)19-13/h1-5H,17H2. The fourth-order valence-corrected chi connectivity index (χ4v) is 2.45. The fraction of sp³-hybridized carbons (Fsp3) is 0. The molecule has 0 atom stereocenters. The molecule has 2 aromatic carbocycles. The van der Waals surface area contributed by atoms with E-state index in [2.05, 4.69) is 4.98 Å². The molecule has 6 heteroatoms. The van der Waals surface area contributed by atoms with Crippen LogP contribution in [-0.4, -0.2) is 4.98 Å². The van der Waals surface area contributed by atoms with Crippen molar-refractivity contribution in [1.29, 1.82) is 0 Å². The SMILES string of the molecule is Nc1ccc2nc(-c3cc(Cl)cc(Cl)c3Cl)oc2c1. The molecule has 0 radical (unpaired) electrons. The highest BCUT2D eigenvalue weighted by Crippen LogP contribution is 2.37. The highest BCUT2D eigenvalue weighted by Gasteiger charge is 2.15. The predicted molar refractivity (Wildman–Crippen MR) is 78.9 cm³/mol. The first kappa shape index (κ1) is 12.6. The molecule has 3 nitrogen and oxygen atoms in total. The van der Waals surface area contributed by atoms with Crippen LogP contribution < -0.4 is 5.73 Å². The maximum atomic E-state index is 6.14. The number of hydrogen-bond donors (Lipinski definition) is 1. The van der Waals surface area contributed by atoms with Crippen molar-refractivity contribution in [3.05, 3.63) is 45.4 Å². The van der Waals surface area contributed by atoms with Gasteiger partial charge in [-0.15, -0.1) is 0 Å². The summed E-state index contributed by atoms with van der Waals surface area (Å²) >= 11 is 18.1. The number of rotatable bonds is 1. The molecule has 0 saturated carbocycles. The molecule has 1 aromatic heterocycles. The van der Waals surface area contributed by atoms with Crippen LogP contribution in [0.15, 0.2) is 34.7 Å². The molecule has 0 fully saturated rings. The van der Waals surface area contributed by atoms with Gasteiger partial charge in [0.2, 0.25) is 5.89 Å². The molecule has 3 aromatic rings. The minimum absolute atomic E-state index is 0.352. The summed E-state index contributed by atoms with van der Waals surface area (Å²) < 4.78 is 5.63. The van der Waals surface area contributed by atoms with Crippen LogP contribution >= 0.6 is 34.8 Å². The molecule has 0 aliphatic carbocycles. The maximum Gasteiger partial charge on any atom is 0.228 e. The zero-order valence-corrected chi connectivity index (χ0v) is 11.7. The summed E-state index contributed by atoms with van der Waals surface area (Å²) in [5.74, 6) is 0.356. The summed E-state index contributed by atoms with van der Waals surface area (Å²) in [7, 11) is 0. The Morgan fingerprint density at radius 1 is 1.05 bits per heavy atom. The van der Waals surface area contributed by atoms with Crippen LogP contribution in [0.5, 0.6) is 0 Å². The normalized spacial score (nSPS) is 11.1. The molecule has 0 saturated heterocycles. The Kier molecular flexibility index (Phi) is 3.05. The van der Waals surface area contributed by atoms with E-state index < -0.39 is 0 Å². The Balaban J connectivity index is 2.24. The van der Waals surface area contributed by atoms with Gasteiger partial charge in [-0.1, -0.05) is 34.8 Å². The van der Waals surface area contributed by atoms with Crippen molar-refractivity contribution in [1.82, 2.24) is 4.98 Å². The molecular weight excluding hydrogens is 307 g/mol. The molecule has 0 aliphatic rings. The quantitative estimate of drug-likeness (QED) is 0.506. The third kappa shape index (κ3) is 2.25. The molecule has 0 bridgehead atoms. The number of nitrogens with two attached hydrogens (primary N) is 1. The zero-order chi connectivity index (χ0) is 13.6. The number of fused-ring (bicyclic) bond motifs is 1. The molecule has 96 valence electrons. The molecule has 0 amide bonds. The third-order valence-corrected chi connectivity index (χ3v) is 3.66. The van der Waals surface area contributed by atoms with Gasteiger partial charge in [0.05, 0.1) is 15.6 Å². The van der Waals surface area contributed by atoms with Gasteiger partial charge in [-0.2, -0.15) is 0 Å². The first-order chi connectivity index (χ1) is 9.04. The summed E-state index contributed by atoms with van der Waals surface area (Å²) in [5, 5.41) is 1.17. The molecule has 19 heavy (non-hydrogen) atoms. The molecule has 2 N–H and O–H groups in total.